The van der Waals surface area contributed by atoms with Crippen molar-refractivity contribution >= 4 is 27.3 Å². The molecule has 0 aliphatic carbocycles. The Morgan fingerprint density at radius 1 is 1.17 bits per heavy atom. The summed E-state index contributed by atoms with van der Waals surface area (Å²) in [4.78, 5) is 12.6. The molecule has 0 aliphatic heterocycles. The molecular weight excluding hydrogens is 409 g/mol. The molecule has 1 atom stereocenters. The Labute approximate surface area is 167 Å². The number of amides is 1. The summed E-state index contributed by atoms with van der Waals surface area (Å²) >= 11 is 0. The van der Waals surface area contributed by atoms with Gasteiger partial charge in [0.15, 0.2) is 0 Å². The van der Waals surface area contributed by atoms with Crippen molar-refractivity contribution < 1.29 is 31.1 Å². The number of rotatable bonds is 7. The van der Waals surface area contributed by atoms with E-state index in [4.69, 9.17) is 4.74 Å². The van der Waals surface area contributed by atoms with Crippen molar-refractivity contribution in [2.24, 2.45) is 0 Å². The predicted octanol–water partition coefficient (Wildman–Crippen LogP) is 3.90. The highest BCUT2D eigenvalue weighted by Crippen LogP contribution is 2.33. The number of benzene rings is 2. The molecule has 2 rings (SSSR count). The van der Waals surface area contributed by atoms with Gasteiger partial charge in [-0.05, 0) is 44.2 Å². The summed E-state index contributed by atoms with van der Waals surface area (Å²) < 4.78 is 69.6. The summed E-state index contributed by atoms with van der Waals surface area (Å²) in [6.07, 6.45) is -3.82. The predicted molar refractivity (Wildman–Crippen MR) is 104 cm³/mol. The summed E-state index contributed by atoms with van der Waals surface area (Å²) in [5.41, 5.74) is -0.904. The van der Waals surface area contributed by atoms with Crippen LogP contribution in [0.15, 0.2) is 48.5 Å². The number of carbonyl (C=O) groups excluding carboxylic acids is 1. The molecule has 0 heterocycles. The first-order chi connectivity index (χ1) is 13.4. The van der Waals surface area contributed by atoms with Gasteiger partial charge < -0.3 is 10.1 Å². The Bertz CT molecular complexity index is 977. The van der Waals surface area contributed by atoms with Crippen molar-refractivity contribution in [3.63, 3.8) is 0 Å². The zero-order valence-corrected chi connectivity index (χ0v) is 16.8. The van der Waals surface area contributed by atoms with Gasteiger partial charge in [-0.3, -0.25) is 9.10 Å². The Morgan fingerprint density at radius 3 is 2.41 bits per heavy atom. The molecule has 0 saturated heterocycles. The van der Waals surface area contributed by atoms with Crippen LogP contribution in [0.4, 0.5) is 24.5 Å². The molecule has 6 nitrogen and oxygen atoms in total. The van der Waals surface area contributed by atoms with Crippen LogP contribution in [0, 0.1) is 0 Å². The fourth-order valence-corrected chi connectivity index (χ4v) is 3.87. The minimum atomic E-state index is -4.65. The van der Waals surface area contributed by atoms with Crippen molar-refractivity contribution in [1.29, 1.82) is 0 Å². The number of carbonyl (C=O) groups is 1. The summed E-state index contributed by atoms with van der Waals surface area (Å²) in [6, 6.07) is 8.99. The Balaban J connectivity index is 2.34. The van der Waals surface area contributed by atoms with E-state index in [1.54, 1.807) is 31.2 Å². The van der Waals surface area contributed by atoms with E-state index in [0.717, 1.165) is 18.4 Å². The van der Waals surface area contributed by atoms with Gasteiger partial charge in [-0.25, -0.2) is 8.42 Å². The maximum atomic E-state index is 13.0. The van der Waals surface area contributed by atoms with Crippen LogP contribution in [-0.4, -0.2) is 33.2 Å². The highest BCUT2D eigenvalue weighted by molar-refractivity contribution is 7.92. The van der Waals surface area contributed by atoms with Gasteiger partial charge in [-0.15, -0.1) is 0 Å². The molecule has 0 unspecified atom stereocenters. The second-order valence-electron chi connectivity index (χ2n) is 6.23. The summed E-state index contributed by atoms with van der Waals surface area (Å²) in [5.74, 6) is -0.197. The molecule has 158 valence electrons. The first kappa shape index (κ1) is 22.5. The number of anilines is 2. The number of halogens is 3. The largest absolute Gasteiger partial charge is 0.494 e. The second kappa shape index (κ2) is 8.73. The van der Waals surface area contributed by atoms with Crippen LogP contribution in [0.25, 0.3) is 0 Å². The SMILES string of the molecule is CCOc1cccc(NC(=O)[C@H](C)N(c2cccc(C(F)(F)F)c2)S(C)(=O)=O)c1. The summed E-state index contributed by atoms with van der Waals surface area (Å²) in [5, 5.41) is 2.56. The van der Waals surface area contributed by atoms with E-state index in [2.05, 4.69) is 5.32 Å². The maximum Gasteiger partial charge on any atom is 0.416 e. The third-order valence-corrected chi connectivity index (χ3v) is 5.17. The van der Waals surface area contributed by atoms with Crippen molar-refractivity contribution in [3.8, 4) is 5.75 Å². The molecule has 0 aromatic heterocycles. The van der Waals surface area contributed by atoms with Gasteiger partial charge in [0.05, 0.1) is 24.1 Å². The number of sulfonamides is 1. The molecule has 10 heteroatoms. The van der Waals surface area contributed by atoms with Gasteiger partial charge in [0.25, 0.3) is 0 Å². The third kappa shape index (κ3) is 5.86. The van der Waals surface area contributed by atoms with Gasteiger partial charge in [0, 0.05) is 11.8 Å². The maximum absolute atomic E-state index is 13.0. The molecule has 0 bridgehead atoms. The smallest absolute Gasteiger partial charge is 0.416 e. The minimum Gasteiger partial charge on any atom is -0.494 e. The second-order valence-corrected chi connectivity index (χ2v) is 8.09. The van der Waals surface area contributed by atoms with Crippen molar-refractivity contribution in [3.05, 3.63) is 54.1 Å². The normalized spacial score (nSPS) is 12.9. The molecule has 1 amide bonds. The average Bonchev–Trinajstić information content (AvgIpc) is 2.60. The van der Waals surface area contributed by atoms with Crippen LogP contribution in [0.5, 0.6) is 5.75 Å². The zero-order valence-electron chi connectivity index (χ0n) is 16.0. The van der Waals surface area contributed by atoms with E-state index >= 15 is 0 Å². The molecule has 29 heavy (non-hydrogen) atoms. The number of hydrogen-bond donors (Lipinski definition) is 1. The molecule has 0 saturated carbocycles. The third-order valence-electron chi connectivity index (χ3n) is 3.93. The molecular formula is C19H21F3N2O4S. The number of alkyl halides is 3. The van der Waals surface area contributed by atoms with Crippen molar-refractivity contribution in [2.45, 2.75) is 26.1 Å². The fraction of sp³-hybridized carbons (Fsp3) is 0.316. The van der Waals surface area contributed by atoms with Crippen LogP contribution < -0.4 is 14.4 Å². The highest BCUT2D eigenvalue weighted by Gasteiger charge is 2.34. The lowest BCUT2D eigenvalue weighted by molar-refractivity contribution is -0.137. The lowest BCUT2D eigenvalue weighted by atomic mass is 10.1. The summed E-state index contributed by atoms with van der Waals surface area (Å²) in [6.45, 7) is 3.51. The van der Waals surface area contributed by atoms with Gasteiger partial charge >= 0.3 is 6.18 Å². The Hall–Kier alpha value is -2.75. The number of nitrogens with one attached hydrogen (secondary N) is 1. The monoisotopic (exact) mass is 430 g/mol. The van der Waals surface area contributed by atoms with Gasteiger partial charge in [-0.1, -0.05) is 12.1 Å². The van der Waals surface area contributed by atoms with Crippen LogP contribution in [0.1, 0.15) is 19.4 Å². The van der Waals surface area contributed by atoms with E-state index in [1.165, 1.54) is 13.0 Å². The average molecular weight is 430 g/mol. The number of ether oxygens (including phenoxy) is 1. The molecule has 0 radical (unpaired) electrons. The van der Waals surface area contributed by atoms with E-state index in [-0.39, 0.29) is 5.69 Å². The molecule has 0 fully saturated rings. The van der Waals surface area contributed by atoms with E-state index in [1.807, 2.05) is 0 Å². The van der Waals surface area contributed by atoms with Gasteiger partial charge in [-0.2, -0.15) is 13.2 Å². The summed E-state index contributed by atoms with van der Waals surface area (Å²) in [7, 11) is -4.05. The first-order valence-electron chi connectivity index (χ1n) is 8.64. The molecule has 0 spiro atoms. The number of hydrogen-bond acceptors (Lipinski definition) is 4. The van der Waals surface area contributed by atoms with Crippen molar-refractivity contribution in [1.82, 2.24) is 0 Å². The molecule has 2 aromatic rings. The lowest BCUT2D eigenvalue weighted by Gasteiger charge is -2.28. The quantitative estimate of drug-likeness (QED) is 0.723. The van der Waals surface area contributed by atoms with E-state index in [0.29, 0.717) is 28.4 Å². The molecule has 0 aliphatic rings. The number of nitrogens with zero attached hydrogens (tertiary/aromatic N) is 1. The highest BCUT2D eigenvalue weighted by atomic mass is 32.2. The Morgan fingerprint density at radius 2 is 1.83 bits per heavy atom. The van der Waals surface area contributed by atoms with Crippen LogP contribution >= 0.6 is 0 Å². The zero-order chi connectivity index (χ0) is 21.8. The van der Waals surface area contributed by atoms with E-state index in [9.17, 15) is 26.4 Å². The van der Waals surface area contributed by atoms with Gasteiger partial charge in [0.1, 0.15) is 11.8 Å². The topological polar surface area (TPSA) is 75.7 Å². The molecule has 1 N–H and O–H groups in total. The van der Waals surface area contributed by atoms with Crippen LogP contribution in [0.2, 0.25) is 0 Å². The van der Waals surface area contributed by atoms with Gasteiger partial charge in [0.2, 0.25) is 15.9 Å². The van der Waals surface area contributed by atoms with Crippen molar-refractivity contribution in [2.75, 3.05) is 22.5 Å². The fourth-order valence-electron chi connectivity index (χ4n) is 2.71. The van der Waals surface area contributed by atoms with Crippen LogP contribution in [-0.2, 0) is 21.0 Å². The molecule has 2 aromatic carbocycles. The first-order valence-corrected chi connectivity index (χ1v) is 10.5. The minimum absolute atomic E-state index is 0.256. The van der Waals surface area contributed by atoms with E-state index < -0.39 is 33.7 Å². The standard InChI is InChI=1S/C19H21F3N2O4S/c1-4-28-17-10-6-8-15(12-17)23-18(25)13(2)24(29(3,26)27)16-9-5-7-14(11-16)19(20,21)22/h5-13H,4H2,1-3H3,(H,23,25)/t13-/m0/s1. The van der Waals surface area contributed by atoms with Crippen LogP contribution in [0.3, 0.4) is 0 Å². The Kier molecular flexibility index (Phi) is 6.78. The lowest BCUT2D eigenvalue weighted by Crippen LogP contribution is -2.45.